The largest absolute Gasteiger partial charge is 0.393 e. The van der Waals surface area contributed by atoms with Crippen molar-refractivity contribution in [2.24, 2.45) is 0 Å². The van der Waals surface area contributed by atoms with Crippen molar-refractivity contribution in [2.45, 2.75) is 45.8 Å². The number of carbonyl (C=O) groups excluding carboxylic acids is 1. The van der Waals surface area contributed by atoms with Gasteiger partial charge in [-0.05, 0) is 57.4 Å². The lowest BCUT2D eigenvalue weighted by atomic mass is 10.1. The summed E-state index contributed by atoms with van der Waals surface area (Å²) in [6, 6.07) is 9.73. The minimum absolute atomic E-state index is 0.0442. The second-order valence-electron chi connectivity index (χ2n) is 6.92. The van der Waals surface area contributed by atoms with Crippen LogP contribution in [0.2, 0.25) is 0 Å². The summed E-state index contributed by atoms with van der Waals surface area (Å²) in [4.78, 5) is 17.2. The third kappa shape index (κ3) is 4.37. The molecule has 6 heteroatoms. The number of hydrogen-bond acceptors (Lipinski definition) is 4. The van der Waals surface area contributed by atoms with E-state index < -0.39 is 0 Å². The number of piperidine rings is 1. The van der Waals surface area contributed by atoms with Gasteiger partial charge in [0.25, 0.3) is 0 Å². The van der Waals surface area contributed by atoms with E-state index in [4.69, 9.17) is 0 Å². The second-order valence-corrected chi connectivity index (χ2v) is 8.38. The standard InChI is InChI=1S/C20H27N3O2S/c1-13-12-17(15(3)26-13)14(2)21-20(25)22-18-6-4-5-7-19(18)23-10-8-16(24)9-11-23/h4-7,12,14,16,24H,8-11H2,1-3H3,(H2,21,22,25). The molecule has 140 valence electrons. The minimum atomic E-state index is -0.215. The van der Waals surface area contributed by atoms with Gasteiger partial charge in [0.2, 0.25) is 0 Å². The monoisotopic (exact) mass is 373 g/mol. The molecular formula is C20H27N3O2S. The lowest BCUT2D eigenvalue weighted by Gasteiger charge is -2.32. The topological polar surface area (TPSA) is 64.6 Å². The van der Waals surface area contributed by atoms with Gasteiger partial charge in [-0.15, -0.1) is 11.3 Å². The molecule has 2 aromatic rings. The van der Waals surface area contributed by atoms with Crippen molar-refractivity contribution in [3.63, 3.8) is 0 Å². The fourth-order valence-electron chi connectivity index (χ4n) is 3.48. The lowest BCUT2D eigenvalue weighted by molar-refractivity contribution is 0.145. The maximum Gasteiger partial charge on any atom is 0.319 e. The zero-order valence-electron chi connectivity index (χ0n) is 15.6. The smallest absolute Gasteiger partial charge is 0.319 e. The van der Waals surface area contributed by atoms with Gasteiger partial charge in [0.15, 0.2) is 0 Å². The Morgan fingerprint density at radius 2 is 1.96 bits per heavy atom. The summed E-state index contributed by atoms with van der Waals surface area (Å²) in [5.74, 6) is 0. The number of aryl methyl sites for hydroxylation is 2. The van der Waals surface area contributed by atoms with E-state index in [2.05, 4.69) is 35.4 Å². The Morgan fingerprint density at radius 3 is 2.62 bits per heavy atom. The highest BCUT2D eigenvalue weighted by Crippen LogP contribution is 2.29. The number of rotatable bonds is 4. The van der Waals surface area contributed by atoms with Gasteiger partial charge in [-0.25, -0.2) is 4.79 Å². The molecule has 0 spiro atoms. The van der Waals surface area contributed by atoms with Gasteiger partial charge in [-0.3, -0.25) is 0 Å². The number of nitrogens with zero attached hydrogens (tertiary/aromatic N) is 1. The van der Waals surface area contributed by atoms with Gasteiger partial charge in [-0.1, -0.05) is 12.1 Å². The molecule has 1 aliphatic rings. The number of aliphatic hydroxyl groups excluding tert-OH is 1. The molecule has 2 heterocycles. The van der Waals surface area contributed by atoms with Crippen LogP contribution < -0.4 is 15.5 Å². The van der Waals surface area contributed by atoms with Gasteiger partial charge in [0, 0.05) is 22.8 Å². The Hall–Kier alpha value is -2.05. The Balaban J connectivity index is 1.67. The van der Waals surface area contributed by atoms with E-state index in [0.29, 0.717) is 0 Å². The summed E-state index contributed by atoms with van der Waals surface area (Å²) in [6.07, 6.45) is 1.30. The van der Waals surface area contributed by atoms with Crippen molar-refractivity contribution in [1.82, 2.24) is 5.32 Å². The molecule has 26 heavy (non-hydrogen) atoms. The third-order valence-corrected chi connectivity index (χ3v) is 5.83. The molecule has 0 bridgehead atoms. The van der Waals surface area contributed by atoms with Crippen molar-refractivity contribution < 1.29 is 9.90 Å². The van der Waals surface area contributed by atoms with Crippen LogP contribution in [-0.2, 0) is 0 Å². The van der Waals surface area contributed by atoms with Crippen molar-refractivity contribution in [3.8, 4) is 0 Å². The molecular weight excluding hydrogens is 346 g/mol. The van der Waals surface area contributed by atoms with Crippen LogP contribution in [-0.4, -0.2) is 30.3 Å². The number of aliphatic hydroxyl groups is 1. The molecule has 1 saturated heterocycles. The van der Waals surface area contributed by atoms with E-state index in [1.807, 2.05) is 31.2 Å². The fourth-order valence-corrected chi connectivity index (χ4v) is 4.50. The number of para-hydroxylation sites is 2. The van der Waals surface area contributed by atoms with Gasteiger partial charge < -0.3 is 20.6 Å². The molecule has 0 radical (unpaired) electrons. The van der Waals surface area contributed by atoms with E-state index in [1.54, 1.807) is 11.3 Å². The van der Waals surface area contributed by atoms with Crippen molar-refractivity contribution in [1.29, 1.82) is 0 Å². The third-order valence-electron chi connectivity index (χ3n) is 4.85. The maximum atomic E-state index is 12.5. The van der Waals surface area contributed by atoms with Crippen LogP contribution >= 0.6 is 11.3 Å². The highest BCUT2D eigenvalue weighted by atomic mass is 32.1. The first-order valence-corrected chi connectivity index (χ1v) is 9.92. The van der Waals surface area contributed by atoms with Crippen LogP contribution in [0.1, 0.15) is 41.1 Å². The molecule has 0 saturated carbocycles. The zero-order valence-corrected chi connectivity index (χ0v) is 16.4. The predicted molar refractivity (Wildman–Crippen MR) is 108 cm³/mol. The molecule has 1 unspecified atom stereocenters. The van der Waals surface area contributed by atoms with E-state index in [9.17, 15) is 9.90 Å². The maximum absolute atomic E-state index is 12.5. The first-order chi connectivity index (χ1) is 12.4. The molecule has 2 amide bonds. The van der Waals surface area contributed by atoms with E-state index >= 15 is 0 Å². The minimum Gasteiger partial charge on any atom is -0.393 e. The number of urea groups is 1. The highest BCUT2D eigenvalue weighted by Gasteiger charge is 2.20. The summed E-state index contributed by atoms with van der Waals surface area (Å²) in [5.41, 5.74) is 2.97. The predicted octanol–water partition coefficient (Wildman–Crippen LogP) is 4.21. The van der Waals surface area contributed by atoms with Crippen molar-refractivity contribution in [2.75, 3.05) is 23.3 Å². The van der Waals surface area contributed by atoms with Crippen molar-refractivity contribution in [3.05, 3.63) is 45.6 Å². The molecule has 1 aliphatic heterocycles. The molecule has 0 aliphatic carbocycles. The van der Waals surface area contributed by atoms with Gasteiger partial charge in [0.1, 0.15) is 0 Å². The van der Waals surface area contributed by atoms with Gasteiger partial charge in [-0.2, -0.15) is 0 Å². The quantitative estimate of drug-likeness (QED) is 0.752. The first-order valence-electron chi connectivity index (χ1n) is 9.10. The van der Waals surface area contributed by atoms with Crippen LogP contribution in [0, 0.1) is 13.8 Å². The Bertz CT molecular complexity index is 766. The normalized spacial score (nSPS) is 16.4. The van der Waals surface area contributed by atoms with Crippen LogP contribution in [0.3, 0.4) is 0 Å². The number of benzene rings is 1. The molecule has 3 N–H and O–H groups in total. The lowest BCUT2D eigenvalue weighted by Crippen LogP contribution is -2.37. The highest BCUT2D eigenvalue weighted by molar-refractivity contribution is 7.12. The number of carbonyl (C=O) groups is 1. The summed E-state index contributed by atoms with van der Waals surface area (Å²) < 4.78 is 0. The van der Waals surface area contributed by atoms with Crippen LogP contribution in [0.5, 0.6) is 0 Å². The molecule has 5 nitrogen and oxygen atoms in total. The second kappa shape index (κ2) is 8.10. The van der Waals surface area contributed by atoms with Crippen LogP contribution in [0.15, 0.2) is 30.3 Å². The van der Waals surface area contributed by atoms with Crippen molar-refractivity contribution >= 4 is 28.7 Å². The number of thiophene rings is 1. The summed E-state index contributed by atoms with van der Waals surface area (Å²) >= 11 is 1.75. The number of amides is 2. The number of anilines is 2. The average Bonchev–Trinajstić information content (AvgIpc) is 2.94. The van der Waals surface area contributed by atoms with Crippen LogP contribution in [0.4, 0.5) is 16.2 Å². The summed E-state index contributed by atoms with van der Waals surface area (Å²) in [6.45, 7) is 7.77. The van der Waals surface area contributed by atoms with E-state index in [-0.39, 0.29) is 18.2 Å². The Kier molecular flexibility index (Phi) is 5.84. The van der Waals surface area contributed by atoms with Gasteiger partial charge >= 0.3 is 6.03 Å². The fraction of sp³-hybridized carbons (Fsp3) is 0.450. The molecule has 1 fully saturated rings. The van der Waals surface area contributed by atoms with Gasteiger partial charge in [0.05, 0.1) is 23.5 Å². The number of hydrogen-bond donors (Lipinski definition) is 3. The zero-order chi connectivity index (χ0) is 18.7. The van der Waals surface area contributed by atoms with E-state index in [1.165, 1.54) is 15.3 Å². The molecule has 1 aromatic carbocycles. The SMILES string of the molecule is Cc1cc(C(C)NC(=O)Nc2ccccc2N2CCC(O)CC2)c(C)s1. The first kappa shape index (κ1) is 18.7. The van der Waals surface area contributed by atoms with Crippen LogP contribution in [0.25, 0.3) is 0 Å². The summed E-state index contributed by atoms with van der Waals surface area (Å²) in [7, 11) is 0. The van der Waals surface area contributed by atoms with E-state index in [0.717, 1.165) is 37.3 Å². The molecule has 1 aromatic heterocycles. The molecule has 1 atom stereocenters. The summed E-state index contributed by atoms with van der Waals surface area (Å²) in [5, 5.41) is 15.7. The Labute approximate surface area is 159 Å². The average molecular weight is 374 g/mol. The molecule has 3 rings (SSSR count). The number of nitrogens with one attached hydrogen (secondary N) is 2. The Morgan fingerprint density at radius 1 is 1.27 bits per heavy atom.